The molecule has 0 saturated heterocycles. The van der Waals surface area contributed by atoms with Gasteiger partial charge in [-0.25, -0.2) is 0 Å². The lowest BCUT2D eigenvalue weighted by Gasteiger charge is -2.14. The van der Waals surface area contributed by atoms with Crippen LogP contribution in [0.1, 0.15) is 28.3 Å². The maximum Gasteiger partial charge on any atom is 0.304 e. The van der Waals surface area contributed by atoms with E-state index in [9.17, 15) is 9.59 Å². The first-order valence-corrected chi connectivity index (χ1v) is 5.89. The molecule has 2 aromatic rings. The van der Waals surface area contributed by atoms with Gasteiger partial charge in [0.25, 0.3) is 0 Å². The highest BCUT2D eigenvalue weighted by molar-refractivity contribution is 6.02. The molecule has 0 saturated carbocycles. The van der Waals surface area contributed by atoms with Gasteiger partial charge >= 0.3 is 5.97 Å². The van der Waals surface area contributed by atoms with Crippen molar-refractivity contribution in [3.05, 3.63) is 66.0 Å². The molecule has 1 heterocycles. The molecule has 19 heavy (non-hydrogen) atoms. The zero-order valence-corrected chi connectivity index (χ0v) is 10.2. The lowest BCUT2D eigenvalue weighted by atomic mass is 9.88. The molecule has 0 amide bonds. The summed E-state index contributed by atoms with van der Waals surface area (Å²) >= 11 is 0. The second kappa shape index (κ2) is 5.91. The molecule has 2 rings (SSSR count). The van der Waals surface area contributed by atoms with Gasteiger partial charge in [0.15, 0.2) is 5.78 Å². The minimum atomic E-state index is -0.994. The van der Waals surface area contributed by atoms with E-state index in [-0.39, 0.29) is 12.2 Å². The number of benzene rings is 1. The molecule has 0 spiro atoms. The Balaban J connectivity index is 2.33. The van der Waals surface area contributed by atoms with E-state index in [1.807, 2.05) is 6.07 Å². The maximum atomic E-state index is 12.4. The molecule has 0 aliphatic heterocycles. The number of carbonyl (C=O) groups is 2. The van der Waals surface area contributed by atoms with Crippen molar-refractivity contribution < 1.29 is 14.7 Å². The Morgan fingerprint density at radius 2 is 1.84 bits per heavy atom. The van der Waals surface area contributed by atoms with Crippen LogP contribution in [0.2, 0.25) is 0 Å². The van der Waals surface area contributed by atoms with Crippen LogP contribution < -0.4 is 0 Å². The minimum Gasteiger partial charge on any atom is -0.481 e. The Morgan fingerprint density at radius 3 is 2.42 bits per heavy atom. The Bertz CT molecular complexity index is 566. The number of carboxylic acid groups (broad SMARTS) is 1. The van der Waals surface area contributed by atoms with Gasteiger partial charge in [-0.2, -0.15) is 0 Å². The van der Waals surface area contributed by atoms with E-state index in [2.05, 4.69) is 4.98 Å². The zero-order valence-electron chi connectivity index (χ0n) is 10.2. The number of nitrogens with zero attached hydrogens (tertiary/aromatic N) is 1. The van der Waals surface area contributed by atoms with Gasteiger partial charge in [0, 0.05) is 18.0 Å². The number of carbonyl (C=O) groups excluding carboxylic acids is 1. The molecule has 1 atom stereocenters. The zero-order chi connectivity index (χ0) is 13.7. The molecule has 1 N–H and O–H groups in total. The van der Waals surface area contributed by atoms with Crippen molar-refractivity contribution in [3.63, 3.8) is 0 Å². The number of carboxylic acids is 1. The molecule has 1 aromatic carbocycles. The summed E-state index contributed by atoms with van der Waals surface area (Å²) in [5, 5.41) is 8.97. The van der Waals surface area contributed by atoms with Crippen molar-refractivity contribution in [3.8, 4) is 0 Å². The minimum absolute atomic E-state index is 0.221. The van der Waals surface area contributed by atoms with Crippen molar-refractivity contribution in [2.75, 3.05) is 0 Å². The first kappa shape index (κ1) is 13.0. The number of hydrogen-bond donors (Lipinski definition) is 1. The Kier molecular flexibility index (Phi) is 4.03. The van der Waals surface area contributed by atoms with Crippen LogP contribution in [-0.4, -0.2) is 21.8 Å². The van der Waals surface area contributed by atoms with E-state index < -0.39 is 11.9 Å². The third-order valence-corrected chi connectivity index (χ3v) is 2.84. The topological polar surface area (TPSA) is 67.3 Å². The van der Waals surface area contributed by atoms with Crippen molar-refractivity contribution in [2.45, 2.75) is 12.3 Å². The van der Waals surface area contributed by atoms with Gasteiger partial charge in [0.2, 0.25) is 0 Å². The van der Waals surface area contributed by atoms with Crippen molar-refractivity contribution in [1.82, 2.24) is 4.98 Å². The van der Waals surface area contributed by atoms with Crippen LogP contribution in [-0.2, 0) is 4.79 Å². The van der Waals surface area contributed by atoms with Crippen LogP contribution in [0.25, 0.3) is 0 Å². The van der Waals surface area contributed by atoms with E-state index in [0.717, 1.165) is 0 Å². The van der Waals surface area contributed by atoms with Gasteiger partial charge in [0.05, 0.1) is 12.3 Å². The molecule has 0 aliphatic rings. The van der Waals surface area contributed by atoms with Gasteiger partial charge in [0.1, 0.15) is 0 Å². The fourth-order valence-corrected chi connectivity index (χ4v) is 1.93. The Hall–Kier alpha value is -2.49. The van der Waals surface area contributed by atoms with Gasteiger partial charge in [-0.3, -0.25) is 14.6 Å². The third kappa shape index (κ3) is 3.25. The van der Waals surface area contributed by atoms with Crippen LogP contribution in [0, 0.1) is 0 Å². The highest BCUT2D eigenvalue weighted by Gasteiger charge is 2.24. The number of pyridine rings is 1. The first-order valence-electron chi connectivity index (χ1n) is 5.89. The Morgan fingerprint density at radius 1 is 1.11 bits per heavy atom. The molecule has 0 radical (unpaired) electrons. The summed E-state index contributed by atoms with van der Waals surface area (Å²) in [4.78, 5) is 27.2. The van der Waals surface area contributed by atoms with E-state index in [1.165, 1.54) is 6.20 Å². The first-order chi connectivity index (χ1) is 9.18. The standard InChI is InChI=1S/C15H13NO3/c17-14(18)9-13(11-5-2-1-3-6-11)15(19)12-7-4-8-16-10-12/h1-8,10,13H,9H2,(H,17,18). The smallest absolute Gasteiger partial charge is 0.304 e. The van der Waals surface area contributed by atoms with E-state index in [0.29, 0.717) is 11.1 Å². The SMILES string of the molecule is O=C(O)CC(C(=O)c1cccnc1)c1ccccc1. The van der Waals surface area contributed by atoms with Crippen molar-refractivity contribution >= 4 is 11.8 Å². The maximum absolute atomic E-state index is 12.4. The molecule has 0 aliphatic carbocycles. The molecule has 96 valence electrons. The fraction of sp³-hybridized carbons (Fsp3) is 0.133. The summed E-state index contributed by atoms with van der Waals surface area (Å²) < 4.78 is 0. The lowest BCUT2D eigenvalue weighted by molar-refractivity contribution is -0.137. The fourth-order valence-electron chi connectivity index (χ4n) is 1.93. The average Bonchev–Trinajstić information content (AvgIpc) is 2.46. The number of aliphatic carboxylic acids is 1. The monoisotopic (exact) mass is 255 g/mol. The Labute approximate surface area is 110 Å². The van der Waals surface area contributed by atoms with Gasteiger partial charge < -0.3 is 5.11 Å². The predicted molar refractivity (Wildman–Crippen MR) is 70.0 cm³/mol. The van der Waals surface area contributed by atoms with E-state index >= 15 is 0 Å². The molecule has 4 heteroatoms. The van der Waals surface area contributed by atoms with Crippen LogP contribution in [0.4, 0.5) is 0 Å². The van der Waals surface area contributed by atoms with Crippen LogP contribution in [0.5, 0.6) is 0 Å². The van der Waals surface area contributed by atoms with Gasteiger partial charge in [-0.1, -0.05) is 30.3 Å². The number of Topliss-reactive ketones (excluding diaryl/α,β-unsaturated/α-hetero) is 1. The molecule has 0 fully saturated rings. The number of hydrogen-bond acceptors (Lipinski definition) is 3. The summed E-state index contributed by atoms with van der Waals surface area (Å²) in [5.41, 5.74) is 1.14. The summed E-state index contributed by atoms with van der Waals surface area (Å²) in [6.07, 6.45) is 2.81. The average molecular weight is 255 g/mol. The molecule has 1 aromatic heterocycles. The van der Waals surface area contributed by atoms with Gasteiger partial charge in [-0.05, 0) is 17.7 Å². The summed E-state index contributed by atoms with van der Waals surface area (Å²) in [6, 6.07) is 12.3. The van der Waals surface area contributed by atoms with Gasteiger partial charge in [-0.15, -0.1) is 0 Å². The summed E-state index contributed by atoms with van der Waals surface area (Å²) in [7, 11) is 0. The normalized spacial score (nSPS) is 11.8. The number of aromatic nitrogens is 1. The third-order valence-electron chi connectivity index (χ3n) is 2.84. The quantitative estimate of drug-likeness (QED) is 0.833. The molecular formula is C15H13NO3. The summed E-state index contributed by atoms with van der Waals surface area (Å²) in [6.45, 7) is 0. The second-order valence-electron chi connectivity index (χ2n) is 4.17. The molecule has 1 unspecified atom stereocenters. The molecular weight excluding hydrogens is 242 g/mol. The van der Waals surface area contributed by atoms with Crippen molar-refractivity contribution in [2.24, 2.45) is 0 Å². The largest absolute Gasteiger partial charge is 0.481 e. The van der Waals surface area contributed by atoms with Crippen LogP contribution >= 0.6 is 0 Å². The number of rotatable bonds is 5. The van der Waals surface area contributed by atoms with E-state index in [4.69, 9.17) is 5.11 Å². The predicted octanol–water partition coefficient (Wildman–Crippen LogP) is 2.52. The highest BCUT2D eigenvalue weighted by atomic mass is 16.4. The highest BCUT2D eigenvalue weighted by Crippen LogP contribution is 2.24. The lowest BCUT2D eigenvalue weighted by Crippen LogP contribution is -2.17. The summed E-state index contributed by atoms with van der Waals surface area (Å²) in [5.74, 6) is -1.89. The molecule has 4 nitrogen and oxygen atoms in total. The van der Waals surface area contributed by atoms with Crippen LogP contribution in [0.15, 0.2) is 54.9 Å². The van der Waals surface area contributed by atoms with Crippen LogP contribution in [0.3, 0.4) is 0 Å². The molecule has 0 bridgehead atoms. The second-order valence-corrected chi connectivity index (χ2v) is 4.17. The van der Waals surface area contributed by atoms with Crippen molar-refractivity contribution in [1.29, 1.82) is 0 Å². The van der Waals surface area contributed by atoms with E-state index in [1.54, 1.807) is 42.6 Å². The number of ketones is 1.